The third-order valence-corrected chi connectivity index (χ3v) is 8.59. The van der Waals surface area contributed by atoms with Gasteiger partial charge in [0.2, 0.25) is 0 Å². The summed E-state index contributed by atoms with van der Waals surface area (Å²) in [5.41, 5.74) is 1.40. The molecule has 13 heteroatoms. The van der Waals surface area contributed by atoms with Crippen LogP contribution in [0.2, 0.25) is 0 Å². The van der Waals surface area contributed by atoms with Crippen molar-refractivity contribution >= 4 is 17.2 Å². The topological polar surface area (TPSA) is 95.7 Å². The number of morpholine rings is 1. The number of hydrogen-bond donors (Lipinski definition) is 1. The van der Waals surface area contributed by atoms with Gasteiger partial charge in [-0.05, 0) is 48.9 Å². The van der Waals surface area contributed by atoms with Gasteiger partial charge >= 0.3 is 6.18 Å². The second-order valence-corrected chi connectivity index (χ2v) is 11.2. The first-order chi connectivity index (χ1) is 21.7. The van der Waals surface area contributed by atoms with Crippen molar-refractivity contribution in [2.75, 3.05) is 71.1 Å². The average molecular weight is 625 g/mol. The third-order valence-electron chi connectivity index (χ3n) is 8.59. The number of hydrogen-bond acceptors (Lipinski definition) is 8. The van der Waals surface area contributed by atoms with Crippen LogP contribution in [0.3, 0.4) is 0 Å². The number of anilines is 1. The molecule has 4 heterocycles. The summed E-state index contributed by atoms with van der Waals surface area (Å²) >= 11 is 0. The Morgan fingerprint density at radius 1 is 1.04 bits per heavy atom. The SMILES string of the molecule is COc1ccc(-c2nc3c(C(=O)N4CCN([C@H](CO)c5cccc(N6CCOCC6)c5)CC4)cnn3c(C(F)(F)F)c2C)cc1. The number of benzene rings is 2. The van der Waals surface area contributed by atoms with Gasteiger partial charge in [-0.2, -0.15) is 18.3 Å². The molecule has 2 aliphatic rings. The Hall–Kier alpha value is -4.20. The summed E-state index contributed by atoms with van der Waals surface area (Å²) < 4.78 is 54.4. The molecule has 6 rings (SSSR count). The van der Waals surface area contributed by atoms with Gasteiger partial charge in [-0.25, -0.2) is 9.50 Å². The Kier molecular flexibility index (Phi) is 8.67. The molecule has 2 aliphatic heterocycles. The number of aliphatic hydroxyl groups is 1. The average Bonchev–Trinajstić information content (AvgIpc) is 3.48. The summed E-state index contributed by atoms with van der Waals surface area (Å²) in [6.45, 7) is 5.84. The van der Waals surface area contributed by atoms with Crippen molar-refractivity contribution in [3.8, 4) is 17.0 Å². The normalized spacial score (nSPS) is 17.1. The van der Waals surface area contributed by atoms with E-state index in [2.05, 4.69) is 32.0 Å². The van der Waals surface area contributed by atoms with Crippen molar-refractivity contribution in [1.29, 1.82) is 0 Å². The van der Waals surface area contributed by atoms with E-state index in [1.165, 1.54) is 14.0 Å². The summed E-state index contributed by atoms with van der Waals surface area (Å²) in [7, 11) is 1.50. The fourth-order valence-corrected chi connectivity index (χ4v) is 6.18. The van der Waals surface area contributed by atoms with Crippen molar-refractivity contribution in [2.24, 2.45) is 0 Å². The molecule has 2 aromatic heterocycles. The quantitative estimate of drug-likeness (QED) is 0.329. The molecule has 1 amide bonds. The fraction of sp³-hybridized carbons (Fsp3) is 0.406. The summed E-state index contributed by atoms with van der Waals surface area (Å²) in [5.74, 6) is 0.116. The highest BCUT2D eigenvalue weighted by Crippen LogP contribution is 2.37. The smallest absolute Gasteiger partial charge is 0.433 e. The highest BCUT2D eigenvalue weighted by atomic mass is 19.4. The van der Waals surface area contributed by atoms with E-state index < -0.39 is 17.8 Å². The summed E-state index contributed by atoms with van der Waals surface area (Å²) in [5, 5.41) is 14.3. The van der Waals surface area contributed by atoms with Crippen LogP contribution in [0.25, 0.3) is 16.9 Å². The standard InChI is InChI=1S/C32H35F3N6O4/c1-21-28(22-6-8-25(44-2)9-7-22)37-30-26(19-36-41(30)29(21)32(33,34)35)31(43)40-12-10-39(11-13-40)27(20-42)23-4-3-5-24(18-23)38-14-16-45-17-15-38/h3-9,18-19,27,42H,10-17,20H2,1-2H3/t27-/m1/s1. The van der Waals surface area contributed by atoms with Crippen LogP contribution in [0.1, 0.15) is 33.2 Å². The number of aromatic nitrogens is 3. The molecular weight excluding hydrogens is 589 g/mol. The van der Waals surface area contributed by atoms with Crippen LogP contribution in [0.4, 0.5) is 18.9 Å². The first-order valence-corrected chi connectivity index (χ1v) is 14.9. The number of methoxy groups -OCH3 is 1. The number of halogens is 3. The molecule has 2 saturated heterocycles. The van der Waals surface area contributed by atoms with E-state index in [0.717, 1.165) is 35.1 Å². The van der Waals surface area contributed by atoms with Crippen molar-refractivity contribution in [3.05, 3.63) is 77.1 Å². The molecular formula is C32H35F3N6O4. The monoisotopic (exact) mass is 624 g/mol. The first-order valence-electron chi connectivity index (χ1n) is 14.9. The zero-order chi connectivity index (χ0) is 31.7. The van der Waals surface area contributed by atoms with Crippen molar-refractivity contribution in [3.63, 3.8) is 0 Å². The number of alkyl halides is 3. The third kappa shape index (κ3) is 6.07. The van der Waals surface area contributed by atoms with Gasteiger partial charge in [0.05, 0.1) is 44.9 Å². The van der Waals surface area contributed by atoms with Gasteiger partial charge < -0.3 is 24.4 Å². The molecule has 0 bridgehead atoms. The van der Waals surface area contributed by atoms with E-state index in [1.54, 1.807) is 29.2 Å². The van der Waals surface area contributed by atoms with Gasteiger partial charge in [0.1, 0.15) is 11.3 Å². The van der Waals surface area contributed by atoms with Crippen LogP contribution in [-0.4, -0.2) is 102 Å². The van der Waals surface area contributed by atoms with Gasteiger partial charge in [-0.1, -0.05) is 12.1 Å². The predicted octanol–water partition coefficient (Wildman–Crippen LogP) is 4.06. The Bertz CT molecular complexity index is 1660. The summed E-state index contributed by atoms with van der Waals surface area (Å²) in [6.07, 6.45) is -3.57. The van der Waals surface area contributed by atoms with E-state index in [4.69, 9.17) is 9.47 Å². The van der Waals surface area contributed by atoms with E-state index in [1.807, 2.05) is 12.1 Å². The van der Waals surface area contributed by atoms with Crippen LogP contribution < -0.4 is 9.64 Å². The van der Waals surface area contributed by atoms with Gasteiger partial charge in [-0.15, -0.1) is 0 Å². The Labute approximate surface area is 258 Å². The Morgan fingerprint density at radius 2 is 1.76 bits per heavy atom. The Balaban J connectivity index is 1.24. The molecule has 45 heavy (non-hydrogen) atoms. The molecule has 0 radical (unpaired) electrons. The molecule has 0 spiro atoms. The number of ether oxygens (including phenoxy) is 2. The van der Waals surface area contributed by atoms with Gasteiger partial charge in [0, 0.05) is 56.1 Å². The zero-order valence-electron chi connectivity index (χ0n) is 25.1. The lowest BCUT2D eigenvalue weighted by molar-refractivity contribution is -0.143. The lowest BCUT2D eigenvalue weighted by atomic mass is 10.0. The number of carbonyl (C=O) groups excluding carboxylic acids is 1. The van der Waals surface area contributed by atoms with E-state index in [9.17, 15) is 23.1 Å². The van der Waals surface area contributed by atoms with Crippen LogP contribution in [0.15, 0.2) is 54.7 Å². The minimum absolute atomic E-state index is 0.000585. The molecule has 0 unspecified atom stereocenters. The highest BCUT2D eigenvalue weighted by Gasteiger charge is 2.39. The van der Waals surface area contributed by atoms with Gasteiger partial charge in [0.15, 0.2) is 11.3 Å². The van der Waals surface area contributed by atoms with E-state index >= 15 is 0 Å². The maximum atomic E-state index is 14.3. The van der Waals surface area contributed by atoms with Crippen molar-refractivity contribution in [1.82, 2.24) is 24.4 Å². The highest BCUT2D eigenvalue weighted by molar-refractivity contribution is 6.00. The molecule has 1 N–H and O–H groups in total. The van der Waals surface area contributed by atoms with Crippen LogP contribution >= 0.6 is 0 Å². The van der Waals surface area contributed by atoms with E-state index in [-0.39, 0.29) is 35.1 Å². The van der Waals surface area contributed by atoms with Crippen LogP contribution in [0.5, 0.6) is 5.75 Å². The number of nitrogens with zero attached hydrogens (tertiary/aromatic N) is 6. The zero-order valence-corrected chi connectivity index (χ0v) is 25.1. The summed E-state index contributed by atoms with van der Waals surface area (Å²) in [6, 6.07) is 14.4. The molecule has 0 aliphatic carbocycles. The molecule has 0 saturated carbocycles. The summed E-state index contributed by atoms with van der Waals surface area (Å²) in [4.78, 5) is 24.3. The van der Waals surface area contributed by atoms with Crippen LogP contribution in [0, 0.1) is 6.92 Å². The Morgan fingerprint density at radius 3 is 2.40 bits per heavy atom. The first kappa shape index (κ1) is 30.8. The molecule has 2 fully saturated rings. The fourth-order valence-electron chi connectivity index (χ4n) is 6.18. The van der Waals surface area contributed by atoms with Crippen molar-refractivity contribution in [2.45, 2.75) is 19.1 Å². The number of fused-ring (bicyclic) bond motifs is 1. The molecule has 4 aromatic rings. The second-order valence-electron chi connectivity index (χ2n) is 11.2. The number of rotatable bonds is 7. The number of piperazine rings is 1. The number of aliphatic hydroxyl groups excluding tert-OH is 1. The molecule has 238 valence electrons. The molecule has 2 aromatic carbocycles. The minimum Gasteiger partial charge on any atom is -0.497 e. The molecule has 1 atom stereocenters. The van der Waals surface area contributed by atoms with E-state index in [0.29, 0.717) is 50.7 Å². The molecule has 10 nitrogen and oxygen atoms in total. The maximum absolute atomic E-state index is 14.3. The predicted molar refractivity (Wildman–Crippen MR) is 161 cm³/mol. The largest absolute Gasteiger partial charge is 0.497 e. The van der Waals surface area contributed by atoms with Gasteiger partial charge in [0.25, 0.3) is 5.91 Å². The second kappa shape index (κ2) is 12.7. The lowest BCUT2D eigenvalue weighted by Crippen LogP contribution is -2.50. The van der Waals surface area contributed by atoms with Gasteiger partial charge in [-0.3, -0.25) is 9.69 Å². The number of amides is 1. The minimum atomic E-state index is -4.73. The maximum Gasteiger partial charge on any atom is 0.433 e. The lowest BCUT2D eigenvalue weighted by Gasteiger charge is -2.39. The van der Waals surface area contributed by atoms with Crippen LogP contribution in [-0.2, 0) is 10.9 Å². The van der Waals surface area contributed by atoms with Crippen molar-refractivity contribution < 1.29 is 32.5 Å². The number of carbonyl (C=O) groups is 1.